The Balaban J connectivity index is 2.31. The normalized spacial score (nSPS) is 11.4. The van der Waals surface area contributed by atoms with Crippen molar-refractivity contribution in [1.29, 1.82) is 0 Å². The Bertz CT molecular complexity index is 852. The molecule has 4 heteroatoms. The van der Waals surface area contributed by atoms with Gasteiger partial charge in [0.1, 0.15) is 11.6 Å². The van der Waals surface area contributed by atoms with E-state index in [1.807, 2.05) is 26.0 Å². The summed E-state index contributed by atoms with van der Waals surface area (Å²) in [5, 5.41) is 0.996. The summed E-state index contributed by atoms with van der Waals surface area (Å²) < 4.78 is 20.6. The van der Waals surface area contributed by atoms with Gasteiger partial charge in [-0.25, -0.2) is 4.39 Å². The van der Waals surface area contributed by atoms with E-state index in [-0.39, 0.29) is 11.5 Å². The number of halogens is 1. The summed E-state index contributed by atoms with van der Waals surface area (Å²) in [5.74, 6) is 0.267. The van der Waals surface area contributed by atoms with Gasteiger partial charge >= 0.3 is 0 Å². The molecule has 0 aliphatic rings. The van der Waals surface area contributed by atoms with Crippen LogP contribution in [0.2, 0.25) is 0 Å². The number of ether oxygens (including phenoxy) is 1. The van der Waals surface area contributed by atoms with E-state index < -0.39 is 5.82 Å². The molecule has 0 atom stereocenters. The molecule has 3 aromatic rings. The molecule has 3 rings (SSSR count). The zero-order chi connectivity index (χ0) is 14.3. The number of benzene rings is 2. The van der Waals surface area contributed by atoms with Crippen molar-refractivity contribution in [2.75, 3.05) is 0 Å². The third kappa shape index (κ3) is 2.27. The average molecular weight is 288 g/mol. The van der Waals surface area contributed by atoms with Crippen molar-refractivity contribution in [2.24, 2.45) is 0 Å². The van der Waals surface area contributed by atoms with E-state index in [4.69, 9.17) is 4.74 Å². The fraction of sp³-hybridized carbons (Fsp3) is 0.188. The summed E-state index contributed by atoms with van der Waals surface area (Å²) in [7, 11) is 0. The van der Waals surface area contributed by atoms with E-state index in [2.05, 4.69) is 0 Å². The van der Waals surface area contributed by atoms with E-state index in [1.54, 1.807) is 12.1 Å². The third-order valence-corrected chi connectivity index (χ3v) is 4.13. The molecule has 0 aliphatic heterocycles. The smallest absolute Gasteiger partial charge is 0.196 e. The second-order valence-corrected chi connectivity index (χ2v) is 5.98. The Hall–Kier alpha value is -1.94. The summed E-state index contributed by atoms with van der Waals surface area (Å²) in [4.78, 5) is 12.5. The average Bonchev–Trinajstić information content (AvgIpc) is 2.40. The second-order valence-electron chi connectivity index (χ2n) is 4.90. The molecule has 0 spiro atoms. The lowest BCUT2D eigenvalue weighted by molar-refractivity contribution is 0.243. The lowest BCUT2D eigenvalue weighted by Crippen LogP contribution is -2.06. The lowest BCUT2D eigenvalue weighted by atomic mass is 10.2. The first-order valence-corrected chi connectivity index (χ1v) is 7.19. The minimum Gasteiger partial charge on any atom is -0.491 e. The molecule has 1 aromatic heterocycles. The molecular weight excluding hydrogens is 275 g/mol. The maximum absolute atomic E-state index is 13.3. The molecule has 1 heterocycles. The maximum atomic E-state index is 13.3. The molecule has 0 radical (unpaired) electrons. The SMILES string of the molecule is CC(C)Oc1ccc2sc3ccc(F)cc3c(=O)c2c1. The monoisotopic (exact) mass is 288 g/mol. The first-order valence-electron chi connectivity index (χ1n) is 6.37. The van der Waals surface area contributed by atoms with Crippen LogP contribution in [0.25, 0.3) is 20.2 Å². The quantitative estimate of drug-likeness (QED) is 0.656. The number of hydrogen-bond acceptors (Lipinski definition) is 3. The molecule has 102 valence electrons. The molecule has 0 unspecified atom stereocenters. The third-order valence-electron chi connectivity index (χ3n) is 2.97. The van der Waals surface area contributed by atoms with Gasteiger partial charge in [-0.2, -0.15) is 0 Å². The van der Waals surface area contributed by atoms with Gasteiger partial charge in [0, 0.05) is 20.2 Å². The van der Waals surface area contributed by atoms with Crippen molar-refractivity contribution in [1.82, 2.24) is 0 Å². The summed E-state index contributed by atoms with van der Waals surface area (Å²) in [6.07, 6.45) is 0.0455. The van der Waals surface area contributed by atoms with Gasteiger partial charge in [-0.3, -0.25) is 4.79 Å². The Morgan fingerprint density at radius 3 is 2.40 bits per heavy atom. The topological polar surface area (TPSA) is 26.3 Å². The van der Waals surface area contributed by atoms with E-state index >= 15 is 0 Å². The van der Waals surface area contributed by atoms with Gasteiger partial charge in [-0.15, -0.1) is 11.3 Å². The summed E-state index contributed by atoms with van der Waals surface area (Å²) in [6, 6.07) is 9.78. The number of hydrogen-bond donors (Lipinski definition) is 0. The van der Waals surface area contributed by atoms with Gasteiger partial charge in [0.25, 0.3) is 0 Å². The Morgan fingerprint density at radius 2 is 1.70 bits per heavy atom. The van der Waals surface area contributed by atoms with Crippen LogP contribution >= 0.6 is 11.3 Å². The highest BCUT2D eigenvalue weighted by Gasteiger charge is 2.08. The summed E-state index contributed by atoms with van der Waals surface area (Å²) >= 11 is 1.48. The van der Waals surface area contributed by atoms with Crippen molar-refractivity contribution in [3.8, 4) is 5.75 Å². The first-order chi connectivity index (χ1) is 9.54. The molecule has 0 saturated heterocycles. The van der Waals surface area contributed by atoms with Crippen molar-refractivity contribution in [2.45, 2.75) is 20.0 Å². The van der Waals surface area contributed by atoms with Crippen LogP contribution < -0.4 is 10.2 Å². The van der Waals surface area contributed by atoms with Crippen molar-refractivity contribution >= 4 is 31.5 Å². The van der Waals surface area contributed by atoms with Gasteiger partial charge in [0.15, 0.2) is 5.43 Å². The Kier molecular flexibility index (Phi) is 3.18. The molecule has 0 amide bonds. The predicted molar refractivity (Wildman–Crippen MR) is 81.3 cm³/mol. The van der Waals surface area contributed by atoms with Crippen LogP contribution in [0, 0.1) is 5.82 Å². The molecular formula is C16H13FO2S. The summed E-state index contributed by atoms with van der Waals surface area (Å²) in [5.41, 5.74) is -0.151. The van der Waals surface area contributed by atoms with Crippen LogP contribution in [0.4, 0.5) is 4.39 Å². The molecule has 2 aromatic carbocycles. The molecule has 20 heavy (non-hydrogen) atoms. The number of fused-ring (bicyclic) bond motifs is 2. The van der Waals surface area contributed by atoms with Crippen LogP contribution in [0.1, 0.15) is 13.8 Å². The second kappa shape index (κ2) is 4.87. The van der Waals surface area contributed by atoms with Crippen molar-refractivity contribution in [3.63, 3.8) is 0 Å². The standard InChI is InChI=1S/C16H13FO2S/c1-9(2)19-11-4-6-15-13(8-11)16(18)12-7-10(17)3-5-14(12)20-15/h3-9H,1-2H3. The molecule has 0 aliphatic carbocycles. The lowest BCUT2D eigenvalue weighted by Gasteiger charge is -2.10. The predicted octanol–water partition coefficient (Wildman–Crippen LogP) is 4.34. The highest BCUT2D eigenvalue weighted by atomic mass is 32.1. The molecule has 0 N–H and O–H groups in total. The zero-order valence-corrected chi connectivity index (χ0v) is 12.0. The Morgan fingerprint density at radius 1 is 1.05 bits per heavy atom. The highest BCUT2D eigenvalue weighted by molar-refractivity contribution is 7.24. The molecule has 0 fully saturated rings. The van der Waals surface area contributed by atoms with Gasteiger partial charge in [0.05, 0.1) is 6.10 Å². The molecule has 0 bridgehead atoms. The van der Waals surface area contributed by atoms with Crippen molar-refractivity contribution in [3.05, 3.63) is 52.4 Å². The number of rotatable bonds is 2. The first kappa shape index (κ1) is 13.1. The van der Waals surface area contributed by atoms with E-state index in [1.165, 1.54) is 23.5 Å². The van der Waals surface area contributed by atoms with Gasteiger partial charge in [-0.05, 0) is 50.2 Å². The van der Waals surface area contributed by atoms with Gasteiger partial charge in [-0.1, -0.05) is 0 Å². The molecule has 2 nitrogen and oxygen atoms in total. The summed E-state index contributed by atoms with van der Waals surface area (Å²) in [6.45, 7) is 3.86. The highest BCUT2D eigenvalue weighted by Crippen LogP contribution is 2.28. The Labute approximate surface area is 119 Å². The zero-order valence-electron chi connectivity index (χ0n) is 11.1. The fourth-order valence-electron chi connectivity index (χ4n) is 2.15. The van der Waals surface area contributed by atoms with E-state index in [0.29, 0.717) is 16.5 Å². The van der Waals surface area contributed by atoms with Gasteiger partial charge in [0.2, 0.25) is 0 Å². The van der Waals surface area contributed by atoms with Gasteiger partial charge < -0.3 is 4.74 Å². The van der Waals surface area contributed by atoms with Crippen LogP contribution in [0.15, 0.2) is 41.2 Å². The van der Waals surface area contributed by atoms with Crippen LogP contribution in [-0.2, 0) is 0 Å². The van der Waals surface area contributed by atoms with E-state index in [0.717, 1.165) is 9.40 Å². The van der Waals surface area contributed by atoms with Crippen LogP contribution in [0.3, 0.4) is 0 Å². The molecule has 0 saturated carbocycles. The van der Waals surface area contributed by atoms with Crippen molar-refractivity contribution < 1.29 is 9.13 Å². The van der Waals surface area contributed by atoms with E-state index in [9.17, 15) is 9.18 Å². The van der Waals surface area contributed by atoms with Crippen LogP contribution in [-0.4, -0.2) is 6.10 Å². The minimum atomic E-state index is -0.393. The largest absolute Gasteiger partial charge is 0.491 e. The minimum absolute atomic E-state index is 0.0455. The maximum Gasteiger partial charge on any atom is 0.196 e. The van der Waals surface area contributed by atoms with Crippen LogP contribution in [0.5, 0.6) is 5.75 Å². The fourth-order valence-corrected chi connectivity index (χ4v) is 3.19.